The van der Waals surface area contributed by atoms with E-state index in [1.54, 1.807) is 0 Å². The lowest BCUT2D eigenvalue weighted by atomic mass is 9.96. The Morgan fingerprint density at radius 3 is 2.52 bits per heavy atom. The van der Waals surface area contributed by atoms with Crippen molar-refractivity contribution in [1.29, 1.82) is 0 Å². The third-order valence-electron chi connectivity index (χ3n) is 5.02. The maximum Gasteiger partial charge on any atom is 0.416 e. The fourth-order valence-corrected chi connectivity index (χ4v) is 4.13. The van der Waals surface area contributed by atoms with E-state index in [9.17, 15) is 13.2 Å². The van der Waals surface area contributed by atoms with Gasteiger partial charge in [0.05, 0.1) is 5.56 Å². The van der Waals surface area contributed by atoms with Crippen LogP contribution in [-0.4, -0.2) is 11.5 Å². The lowest BCUT2D eigenvalue weighted by Crippen LogP contribution is -2.27. The van der Waals surface area contributed by atoms with Gasteiger partial charge < -0.3 is 5.32 Å². The number of nitrogens with zero attached hydrogens (tertiary/aromatic N) is 1. The monoisotopic (exact) mass is 298 g/mol. The fraction of sp³-hybridized carbons (Fsp3) is 0.688. The van der Waals surface area contributed by atoms with Crippen LogP contribution in [-0.2, 0) is 6.18 Å². The molecule has 116 valence electrons. The molecule has 0 amide bonds. The number of nitrogens with one attached hydrogen (secondary N) is 1. The second-order valence-electron chi connectivity index (χ2n) is 6.19. The molecule has 3 atom stereocenters. The van der Waals surface area contributed by atoms with Crippen molar-refractivity contribution < 1.29 is 13.2 Å². The number of halogens is 3. The first-order valence-corrected chi connectivity index (χ1v) is 7.78. The number of hydrogen-bond acceptors (Lipinski definition) is 2. The average Bonchev–Trinajstić information content (AvgIpc) is 3.18. The van der Waals surface area contributed by atoms with Gasteiger partial charge in [0, 0.05) is 18.4 Å². The summed E-state index contributed by atoms with van der Waals surface area (Å²) in [5, 5.41) is 3.29. The van der Waals surface area contributed by atoms with E-state index in [-0.39, 0.29) is 6.04 Å². The summed E-state index contributed by atoms with van der Waals surface area (Å²) in [6, 6.07) is 0.888. The number of pyridine rings is 1. The molecule has 0 saturated heterocycles. The SMILES string of the molecule is CCNC(c1cnccc1C(F)(F)F)C1C2CCCCC21. The van der Waals surface area contributed by atoms with Gasteiger partial charge in [0.1, 0.15) is 0 Å². The molecule has 0 bridgehead atoms. The van der Waals surface area contributed by atoms with Crippen molar-refractivity contribution in [3.05, 3.63) is 29.6 Å². The van der Waals surface area contributed by atoms with E-state index in [1.807, 2.05) is 6.92 Å². The Bertz CT molecular complexity index is 489. The molecule has 0 aromatic carbocycles. The molecule has 2 fully saturated rings. The predicted octanol–water partition coefficient (Wildman–Crippen LogP) is 4.19. The van der Waals surface area contributed by atoms with Gasteiger partial charge in [-0.1, -0.05) is 19.8 Å². The van der Waals surface area contributed by atoms with E-state index in [0.29, 0.717) is 29.9 Å². The average molecular weight is 298 g/mol. The predicted molar refractivity (Wildman–Crippen MR) is 74.6 cm³/mol. The summed E-state index contributed by atoms with van der Waals surface area (Å²) in [6.07, 6.45) is 3.09. The highest BCUT2D eigenvalue weighted by Gasteiger charge is 2.55. The Morgan fingerprint density at radius 2 is 1.95 bits per heavy atom. The smallest absolute Gasteiger partial charge is 0.310 e. The minimum Gasteiger partial charge on any atom is -0.310 e. The van der Waals surface area contributed by atoms with Gasteiger partial charge in [-0.15, -0.1) is 0 Å². The second kappa shape index (κ2) is 5.59. The summed E-state index contributed by atoms with van der Waals surface area (Å²) in [6.45, 7) is 2.62. The van der Waals surface area contributed by atoms with Crippen molar-refractivity contribution in [2.45, 2.75) is 44.8 Å². The van der Waals surface area contributed by atoms with E-state index >= 15 is 0 Å². The fourth-order valence-electron chi connectivity index (χ4n) is 4.13. The van der Waals surface area contributed by atoms with Crippen molar-refractivity contribution in [2.24, 2.45) is 17.8 Å². The molecule has 2 aliphatic rings. The van der Waals surface area contributed by atoms with Crippen LogP contribution in [0, 0.1) is 17.8 Å². The second-order valence-corrected chi connectivity index (χ2v) is 6.19. The molecule has 1 aromatic rings. The Kier molecular flexibility index (Phi) is 3.95. The van der Waals surface area contributed by atoms with Gasteiger partial charge >= 0.3 is 6.18 Å². The number of rotatable bonds is 4. The van der Waals surface area contributed by atoms with Gasteiger partial charge in [-0.2, -0.15) is 13.2 Å². The van der Waals surface area contributed by atoms with Crippen LogP contribution in [0.2, 0.25) is 0 Å². The first-order chi connectivity index (χ1) is 10.0. The van der Waals surface area contributed by atoms with Crippen LogP contribution in [0.3, 0.4) is 0 Å². The molecule has 1 heterocycles. The van der Waals surface area contributed by atoms with E-state index in [1.165, 1.54) is 38.1 Å². The van der Waals surface area contributed by atoms with Crippen LogP contribution in [0.15, 0.2) is 18.5 Å². The quantitative estimate of drug-likeness (QED) is 0.901. The summed E-state index contributed by atoms with van der Waals surface area (Å²) in [4.78, 5) is 3.95. The Labute approximate surface area is 123 Å². The molecule has 1 N–H and O–H groups in total. The van der Waals surface area contributed by atoms with Gasteiger partial charge in [-0.3, -0.25) is 4.98 Å². The zero-order chi connectivity index (χ0) is 15.0. The number of aromatic nitrogens is 1. The Balaban J connectivity index is 1.92. The van der Waals surface area contributed by atoms with E-state index in [4.69, 9.17) is 0 Å². The molecule has 0 aliphatic heterocycles. The van der Waals surface area contributed by atoms with Crippen LogP contribution >= 0.6 is 0 Å². The van der Waals surface area contributed by atoms with E-state index in [2.05, 4.69) is 10.3 Å². The first kappa shape index (κ1) is 14.8. The van der Waals surface area contributed by atoms with Crippen molar-refractivity contribution in [1.82, 2.24) is 10.3 Å². The Morgan fingerprint density at radius 1 is 1.29 bits per heavy atom. The highest BCUT2D eigenvalue weighted by Crippen LogP contribution is 2.60. The zero-order valence-electron chi connectivity index (χ0n) is 12.2. The molecule has 5 heteroatoms. The number of fused-ring (bicyclic) bond motifs is 1. The van der Waals surface area contributed by atoms with Crippen LogP contribution in [0.1, 0.15) is 49.8 Å². The molecule has 1 aromatic heterocycles. The van der Waals surface area contributed by atoms with Gasteiger partial charge in [0.15, 0.2) is 0 Å². The molecule has 2 aliphatic carbocycles. The minimum atomic E-state index is -4.31. The summed E-state index contributed by atoms with van der Waals surface area (Å²) < 4.78 is 39.7. The third kappa shape index (κ3) is 2.80. The third-order valence-corrected chi connectivity index (χ3v) is 5.02. The maximum absolute atomic E-state index is 13.2. The molecule has 0 radical (unpaired) electrons. The van der Waals surface area contributed by atoms with Crippen LogP contribution in [0.4, 0.5) is 13.2 Å². The first-order valence-electron chi connectivity index (χ1n) is 7.78. The van der Waals surface area contributed by atoms with Crippen LogP contribution < -0.4 is 5.32 Å². The standard InChI is InChI=1S/C16H21F3N2/c1-2-21-15(14-10-5-3-4-6-11(10)14)12-9-20-8-7-13(12)16(17,18)19/h7-11,14-15,21H,2-6H2,1H3. The molecule has 2 saturated carbocycles. The zero-order valence-corrected chi connectivity index (χ0v) is 12.2. The lowest BCUT2D eigenvalue weighted by Gasteiger charge is -2.22. The molecule has 2 nitrogen and oxygen atoms in total. The molecular formula is C16H21F3N2. The van der Waals surface area contributed by atoms with Crippen molar-refractivity contribution in [2.75, 3.05) is 6.54 Å². The van der Waals surface area contributed by atoms with Crippen LogP contribution in [0.25, 0.3) is 0 Å². The summed E-state index contributed by atoms with van der Waals surface area (Å²) in [5.41, 5.74) is -0.210. The molecule has 3 rings (SSSR count). The van der Waals surface area contributed by atoms with Gasteiger partial charge in [-0.25, -0.2) is 0 Å². The largest absolute Gasteiger partial charge is 0.416 e. The van der Waals surface area contributed by atoms with E-state index < -0.39 is 11.7 Å². The van der Waals surface area contributed by atoms with Crippen LogP contribution in [0.5, 0.6) is 0 Å². The number of alkyl halides is 3. The topological polar surface area (TPSA) is 24.9 Å². The maximum atomic E-state index is 13.2. The molecule has 3 unspecified atom stereocenters. The summed E-state index contributed by atoms with van der Waals surface area (Å²) >= 11 is 0. The van der Waals surface area contributed by atoms with Gasteiger partial charge in [0.2, 0.25) is 0 Å². The van der Waals surface area contributed by atoms with E-state index in [0.717, 1.165) is 6.07 Å². The van der Waals surface area contributed by atoms with Crippen molar-refractivity contribution in [3.63, 3.8) is 0 Å². The van der Waals surface area contributed by atoms with Crippen molar-refractivity contribution in [3.8, 4) is 0 Å². The van der Waals surface area contributed by atoms with Crippen molar-refractivity contribution >= 4 is 0 Å². The highest BCUT2D eigenvalue weighted by atomic mass is 19.4. The van der Waals surface area contributed by atoms with Gasteiger partial charge in [-0.05, 0) is 48.8 Å². The lowest BCUT2D eigenvalue weighted by molar-refractivity contribution is -0.138. The van der Waals surface area contributed by atoms with Gasteiger partial charge in [0.25, 0.3) is 0 Å². The molecular weight excluding hydrogens is 277 g/mol. The molecule has 0 spiro atoms. The summed E-state index contributed by atoms with van der Waals surface area (Å²) in [7, 11) is 0. The number of hydrogen-bond donors (Lipinski definition) is 1. The summed E-state index contributed by atoms with van der Waals surface area (Å²) in [5.74, 6) is 1.55. The molecule has 21 heavy (non-hydrogen) atoms. The Hall–Kier alpha value is -1.10. The minimum absolute atomic E-state index is 0.214. The normalized spacial score (nSPS) is 29.8. The highest BCUT2D eigenvalue weighted by molar-refractivity contribution is 5.31.